The number of hydrogen-bond donors (Lipinski definition) is 2. The van der Waals surface area contributed by atoms with Crippen LogP contribution in [0.1, 0.15) is 0 Å². The van der Waals surface area contributed by atoms with Crippen molar-refractivity contribution >= 4 is 49.2 Å². The Balaban J connectivity index is -0.0000000800. The molecule has 0 atom stereocenters. The van der Waals surface area contributed by atoms with Crippen LogP contribution in [-0.2, 0) is 19.3 Å². The van der Waals surface area contributed by atoms with E-state index in [0.717, 1.165) is 0 Å². The molecule has 0 aromatic carbocycles. The Labute approximate surface area is 75.5 Å². The summed E-state index contributed by atoms with van der Waals surface area (Å²) in [6.07, 6.45) is 0. The van der Waals surface area contributed by atoms with Gasteiger partial charge in [-0.05, 0) is 0 Å². The Morgan fingerprint density at radius 2 is 1.11 bits per heavy atom. The fourth-order valence-electron chi connectivity index (χ4n) is 0. The summed E-state index contributed by atoms with van der Waals surface area (Å²) >= 11 is 0. The fraction of sp³-hybridized carbons (Fsp3) is 0. The molecular weight excluding hydrogens is 179 g/mol. The van der Waals surface area contributed by atoms with Gasteiger partial charge in [0.15, 0.2) is 0 Å². The van der Waals surface area contributed by atoms with Crippen molar-refractivity contribution in [2.45, 2.75) is 0 Å². The van der Waals surface area contributed by atoms with E-state index in [1.165, 1.54) is 0 Å². The predicted molar refractivity (Wildman–Crippen MR) is 28.5 cm³/mol. The van der Waals surface area contributed by atoms with Crippen molar-refractivity contribution in [2.75, 3.05) is 0 Å². The molecule has 0 bridgehead atoms. The van der Waals surface area contributed by atoms with E-state index in [0.29, 0.717) is 0 Å². The Hall–Kier alpha value is 0.687. The third kappa shape index (κ3) is 823. The molecule has 0 aliphatic rings. The van der Waals surface area contributed by atoms with Gasteiger partial charge in [-0.25, -0.2) is 0 Å². The Bertz CT molecular complexity index is 153. The summed E-state index contributed by atoms with van der Waals surface area (Å²) in [6, 6.07) is 0. The topological polar surface area (TPSA) is 109 Å². The molecule has 0 aliphatic carbocycles. The van der Waals surface area contributed by atoms with Crippen molar-refractivity contribution in [3.63, 3.8) is 0 Å². The van der Waals surface area contributed by atoms with E-state index >= 15 is 0 Å². The molecule has 6 nitrogen and oxygen atoms in total. The van der Waals surface area contributed by atoms with Gasteiger partial charge in [-0.15, -0.1) is 0 Å². The SMILES string of the molecule is O=S(=O)(O)O.O=[Si]=O.[NaH]. The average Bonchev–Trinajstić information content (AvgIpc) is 1.27. The minimum absolute atomic E-state index is 0. The second-order valence-electron chi connectivity index (χ2n) is 0.531. The zero-order valence-corrected chi connectivity index (χ0v) is 5.25. The van der Waals surface area contributed by atoms with Crippen molar-refractivity contribution in [3.8, 4) is 0 Å². The minimum atomic E-state index is -4.67. The summed E-state index contributed by atoms with van der Waals surface area (Å²) < 4.78 is 48.4. The Morgan fingerprint density at radius 1 is 1.11 bits per heavy atom. The molecule has 0 unspecified atom stereocenters. The molecule has 0 fully saturated rings. The third-order valence-corrected chi connectivity index (χ3v) is 0. The van der Waals surface area contributed by atoms with Gasteiger partial charge in [0, 0.05) is 0 Å². The van der Waals surface area contributed by atoms with E-state index in [9.17, 15) is 0 Å². The predicted octanol–water partition coefficient (Wildman–Crippen LogP) is -1.92. The first-order valence-electron chi connectivity index (χ1n) is 1.11. The molecule has 0 amide bonds. The number of rotatable bonds is 0. The van der Waals surface area contributed by atoms with Gasteiger partial charge >= 0.3 is 49.2 Å². The second kappa shape index (κ2) is 8.69. The summed E-state index contributed by atoms with van der Waals surface area (Å²) in [4.78, 5) is 0. The first-order chi connectivity index (χ1) is 3.41. The van der Waals surface area contributed by atoms with E-state index < -0.39 is 19.7 Å². The summed E-state index contributed by atoms with van der Waals surface area (Å²) in [7, 11) is -6.08. The molecule has 9 heteroatoms. The normalized spacial score (nSPS) is 7.33. The first kappa shape index (κ1) is 16.3. The van der Waals surface area contributed by atoms with Crippen LogP contribution in [0.4, 0.5) is 0 Å². The van der Waals surface area contributed by atoms with E-state index in [4.69, 9.17) is 26.4 Å². The van der Waals surface area contributed by atoms with Crippen LogP contribution in [0.5, 0.6) is 0 Å². The van der Waals surface area contributed by atoms with Crippen molar-refractivity contribution in [3.05, 3.63) is 0 Å². The fourth-order valence-corrected chi connectivity index (χ4v) is 0. The molecule has 0 aliphatic heterocycles. The van der Waals surface area contributed by atoms with Crippen LogP contribution in [0, 0.1) is 0 Å². The van der Waals surface area contributed by atoms with Crippen LogP contribution in [0.2, 0.25) is 0 Å². The van der Waals surface area contributed by atoms with Crippen molar-refractivity contribution in [1.82, 2.24) is 0 Å². The van der Waals surface area contributed by atoms with E-state index in [1.54, 1.807) is 0 Å². The summed E-state index contributed by atoms with van der Waals surface area (Å²) in [5, 5.41) is 0. The molecule has 0 aromatic heterocycles. The second-order valence-corrected chi connectivity index (χ2v) is 1.59. The molecule has 2 N–H and O–H groups in total. The summed E-state index contributed by atoms with van der Waals surface area (Å²) in [5.74, 6) is 0. The van der Waals surface area contributed by atoms with Crippen molar-refractivity contribution in [1.29, 1.82) is 0 Å². The van der Waals surface area contributed by atoms with Gasteiger partial charge in [-0.1, -0.05) is 0 Å². The Kier molecular flexibility index (Phi) is 15.8. The van der Waals surface area contributed by atoms with Gasteiger partial charge in [-0.3, -0.25) is 18.0 Å². The molecule has 0 heterocycles. The van der Waals surface area contributed by atoms with Gasteiger partial charge in [-0.2, -0.15) is 8.42 Å². The number of hydrogen-bond acceptors (Lipinski definition) is 4. The van der Waals surface area contributed by atoms with Crippen molar-refractivity contribution in [2.24, 2.45) is 0 Å². The monoisotopic (exact) mass is 182 g/mol. The molecule has 0 radical (unpaired) electrons. The standard InChI is InChI=1S/Na.H2O4S.O2Si.H/c;1-5(2,3)4;1-3-2;/h;(H2,1,2,3,4);;. The summed E-state index contributed by atoms with van der Waals surface area (Å²) in [6.45, 7) is 0. The zero-order valence-electron chi connectivity index (χ0n) is 3.44. The van der Waals surface area contributed by atoms with E-state index in [2.05, 4.69) is 0 Å². The van der Waals surface area contributed by atoms with Crippen LogP contribution < -0.4 is 0 Å². The molecular formula is H3NaO6SSi. The summed E-state index contributed by atoms with van der Waals surface area (Å²) in [5.41, 5.74) is 0. The van der Waals surface area contributed by atoms with Crippen LogP contribution >= 0.6 is 0 Å². The van der Waals surface area contributed by atoms with Crippen LogP contribution in [-0.4, -0.2) is 56.4 Å². The molecule has 0 aromatic rings. The van der Waals surface area contributed by atoms with Gasteiger partial charge in [0.1, 0.15) is 0 Å². The third-order valence-electron chi connectivity index (χ3n) is 0. The molecule has 50 valence electrons. The molecule has 0 saturated heterocycles. The molecule has 9 heavy (non-hydrogen) atoms. The van der Waals surface area contributed by atoms with Gasteiger partial charge in [0.05, 0.1) is 0 Å². The average molecular weight is 182 g/mol. The molecule has 0 spiro atoms. The first-order valence-corrected chi connectivity index (χ1v) is 3.32. The Morgan fingerprint density at radius 3 is 1.11 bits per heavy atom. The maximum absolute atomic E-state index is 8.74. The van der Waals surface area contributed by atoms with Crippen LogP contribution in [0.25, 0.3) is 0 Å². The molecule has 0 rings (SSSR count). The van der Waals surface area contributed by atoms with Gasteiger partial charge in [0.25, 0.3) is 0 Å². The van der Waals surface area contributed by atoms with Crippen LogP contribution in [0.15, 0.2) is 0 Å². The maximum atomic E-state index is 8.74. The zero-order chi connectivity index (χ0) is 7.21. The van der Waals surface area contributed by atoms with Gasteiger partial charge < -0.3 is 0 Å². The molecule has 0 saturated carbocycles. The van der Waals surface area contributed by atoms with E-state index in [-0.39, 0.29) is 29.6 Å². The van der Waals surface area contributed by atoms with Gasteiger partial charge in [0.2, 0.25) is 0 Å². The van der Waals surface area contributed by atoms with Crippen molar-refractivity contribution < 1.29 is 26.4 Å². The van der Waals surface area contributed by atoms with Crippen LogP contribution in [0.3, 0.4) is 0 Å². The quantitative estimate of drug-likeness (QED) is 0.334. The van der Waals surface area contributed by atoms with E-state index in [1.807, 2.05) is 0 Å².